The van der Waals surface area contributed by atoms with Crippen LogP contribution in [0.15, 0.2) is 68.3 Å². The Hall–Kier alpha value is -4.11. The fourth-order valence-electron chi connectivity index (χ4n) is 4.73. The molecule has 0 spiro atoms. The number of rotatable bonds is 7. The van der Waals surface area contributed by atoms with Crippen molar-refractivity contribution in [3.05, 3.63) is 97.3 Å². The molecular weight excluding hydrogens is 566 g/mol. The smallest absolute Gasteiger partial charge is 0.338 e. The van der Waals surface area contributed by atoms with Gasteiger partial charge in [0, 0.05) is 5.69 Å². The number of aryl methyl sites for hydroxylation is 1. The third kappa shape index (κ3) is 4.67. The van der Waals surface area contributed by atoms with Gasteiger partial charge in [0.05, 0.1) is 40.7 Å². The molecule has 1 amide bonds. The number of halogens is 1. The lowest BCUT2D eigenvalue weighted by Crippen LogP contribution is -2.29. The molecule has 5 rings (SSSR count). The molecule has 1 aromatic heterocycles. The Morgan fingerprint density at radius 2 is 1.85 bits per heavy atom. The van der Waals surface area contributed by atoms with E-state index in [1.54, 1.807) is 48.5 Å². The van der Waals surface area contributed by atoms with Gasteiger partial charge in [0.15, 0.2) is 16.9 Å². The number of hydrogen-bond donors (Lipinski definition) is 1. The van der Waals surface area contributed by atoms with E-state index in [4.69, 9.17) is 13.9 Å². The van der Waals surface area contributed by atoms with Crippen LogP contribution in [-0.4, -0.2) is 30.7 Å². The van der Waals surface area contributed by atoms with E-state index in [9.17, 15) is 19.5 Å². The van der Waals surface area contributed by atoms with Crippen molar-refractivity contribution in [1.82, 2.24) is 0 Å². The molecule has 1 N–H and O–H groups in total. The molecular formula is C30H26BrNO7. The Morgan fingerprint density at radius 1 is 1.10 bits per heavy atom. The number of benzene rings is 3. The number of ether oxygens (including phenoxy) is 2. The maximum Gasteiger partial charge on any atom is 0.338 e. The predicted molar refractivity (Wildman–Crippen MR) is 150 cm³/mol. The van der Waals surface area contributed by atoms with Crippen molar-refractivity contribution in [2.45, 2.75) is 32.7 Å². The van der Waals surface area contributed by atoms with Crippen molar-refractivity contribution < 1.29 is 28.6 Å². The normalized spacial score (nSPS) is 14.5. The molecule has 1 atom stereocenters. The highest BCUT2D eigenvalue weighted by Crippen LogP contribution is 2.45. The number of carbonyl (C=O) groups excluding carboxylic acids is 2. The summed E-state index contributed by atoms with van der Waals surface area (Å²) >= 11 is 3.35. The highest BCUT2D eigenvalue weighted by atomic mass is 79.9. The summed E-state index contributed by atoms with van der Waals surface area (Å²) in [5.41, 5.74) is 2.36. The summed E-state index contributed by atoms with van der Waals surface area (Å²) in [5.74, 6) is -0.951. The minimum absolute atomic E-state index is 0.0624. The summed E-state index contributed by atoms with van der Waals surface area (Å²) in [6.07, 6.45) is 1.68. The summed E-state index contributed by atoms with van der Waals surface area (Å²) in [4.78, 5) is 41.6. The maximum atomic E-state index is 13.9. The van der Waals surface area contributed by atoms with Gasteiger partial charge in [-0.3, -0.25) is 14.5 Å². The van der Waals surface area contributed by atoms with Crippen molar-refractivity contribution in [2.24, 2.45) is 0 Å². The van der Waals surface area contributed by atoms with Crippen molar-refractivity contribution in [1.29, 1.82) is 0 Å². The van der Waals surface area contributed by atoms with Gasteiger partial charge in [0.25, 0.3) is 5.91 Å². The first kappa shape index (κ1) is 26.5. The second kappa shape index (κ2) is 10.6. The first-order valence-electron chi connectivity index (χ1n) is 12.5. The van der Waals surface area contributed by atoms with Crippen LogP contribution < -0.4 is 15.1 Å². The summed E-state index contributed by atoms with van der Waals surface area (Å²) in [5, 5.41) is 10.8. The largest absolute Gasteiger partial charge is 0.503 e. The summed E-state index contributed by atoms with van der Waals surface area (Å²) in [7, 11) is 1.42. The SMILES string of the molecule is CCCCOC(=O)c1ccc(N2C(=O)c3oc4ccc(C)cc4c(=O)c3C2c2cc(Br)c(O)c(OC)c2)cc1. The van der Waals surface area contributed by atoms with E-state index in [1.165, 1.54) is 12.0 Å². The number of phenolic OH excluding ortho intramolecular Hbond substituents is 1. The van der Waals surface area contributed by atoms with Crippen LogP contribution in [0, 0.1) is 6.92 Å². The van der Waals surface area contributed by atoms with Crippen LogP contribution in [0.3, 0.4) is 0 Å². The Bertz CT molecular complexity index is 1660. The van der Waals surface area contributed by atoms with E-state index in [2.05, 4.69) is 15.9 Å². The molecule has 8 nitrogen and oxygen atoms in total. The zero-order valence-electron chi connectivity index (χ0n) is 21.6. The molecule has 0 fully saturated rings. The minimum atomic E-state index is -0.887. The van der Waals surface area contributed by atoms with E-state index in [0.717, 1.165) is 18.4 Å². The molecule has 0 aliphatic carbocycles. The van der Waals surface area contributed by atoms with Gasteiger partial charge in [-0.15, -0.1) is 0 Å². The monoisotopic (exact) mass is 591 g/mol. The molecule has 9 heteroatoms. The van der Waals surface area contributed by atoms with Gasteiger partial charge in [0.2, 0.25) is 5.76 Å². The van der Waals surface area contributed by atoms with Gasteiger partial charge in [-0.25, -0.2) is 4.79 Å². The van der Waals surface area contributed by atoms with Gasteiger partial charge in [-0.1, -0.05) is 25.0 Å². The predicted octanol–water partition coefficient (Wildman–Crippen LogP) is 6.28. The number of fused-ring (bicyclic) bond motifs is 2. The molecule has 200 valence electrons. The van der Waals surface area contributed by atoms with Crippen LogP contribution in [0.25, 0.3) is 11.0 Å². The number of methoxy groups -OCH3 is 1. The number of hydrogen-bond acceptors (Lipinski definition) is 7. The quantitative estimate of drug-likeness (QED) is 0.199. The number of aromatic hydroxyl groups is 1. The zero-order valence-corrected chi connectivity index (χ0v) is 23.2. The summed E-state index contributed by atoms with van der Waals surface area (Å²) in [6, 6.07) is 14.0. The fraction of sp³-hybridized carbons (Fsp3) is 0.233. The first-order chi connectivity index (χ1) is 18.7. The topological polar surface area (TPSA) is 106 Å². The van der Waals surface area contributed by atoms with Crippen LogP contribution in [0.5, 0.6) is 11.5 Å². The van der Waals surface area contributed by atoms with Gasteiger partial charge < -0.3 is 19.0 Å². The molecule has 1 aliphatic rings. The van der Waals surface area contributed by atoms with E-state index < -0.39 is 17.9 Å². The van der Waals surface area contributed by atoms with Crippen LogP contribution in [0.4, 0.5) is 5.69 Å². The first-order valence-corrected chi connectivity index (χ1v) is 13.3. The van der Waals surface area contributed by atoms with Crippen molar-refractivity contribution in [3.8, 4) is 11.5 Å². The number of anilines is 1. The lowest BCUT2D eigenvalue weighted by atomic mass is 9.97. The molecule has 2 heterocycles. The molecule has 1 aliphatic heterocycles. The van der Waals surface area contributed by atoms with Gasteiger partial charge in [-0.2, -0.15) is 0 Å². The molecule has 0 saturated heterocycles. The minimum Gasteiger partial charge on any atom is -0.503 e. The molecule has 4 aromatic rings. The average molecular weight is 592 g/mol. The molecule has 0 radical (unpaired) electrons. The van der Waals surface area contributed by atoms with E-state index in [1.807, 2.05) is 19.9 Å². The average Bonchev–Trinajstić information content (AvgIpc) is 3.23. The highest BCUT2D eigenvalue weighted by Gasteiger charge is 2.44. The fourth-order valence-corrected chi connectivity index (χ4v) is 5.19. The lowest BCUT2D eigenvalue weighted by molar-refractivity contribution is 0.0499. The van der Waals surface area contributed by atoms with Crippen molar-refractivity contribution in [2.75, 3.05) is 18.6 Å². The Balaban J connectivity index is 1.67. The lowest BCUT2D eigenvalue weighted by Gasteiger charge is -2.26. The number of phenols is 1. The van der Waals surface area contributed by atoms with E-state index in [0.29, 0.717) is 38.9 Å². The molecule has 1 unspecified atom stereocenters. The number of nitrogens with zero attached hydrogens (tertiary/aromatic N) is 1. The van der Waals surface area contributed by atoms with Crippen LogP contribution in [0.1, 0.15) is 63.4 Å². The highest BCUT2D eigenvalue weighted by molar-refractivity contribution is 9.10. The Labute approximate surface area is 232 Å². The number of amides is 1. The second-order valence-corrected chi connectivity index (χ2v) is 10.2. The summed E-state index contributed by atoms with van der Waals surface area (Å²) < 4.78 is 17.0. The summed E-state index contributed by atoms with van der Waals surface area (Å²) in [6.45, 7) is 4.21. The van der Waals surface area contributed by atoms with Gasteiger partial charge in [-0.05, 0) is 83.4 Å². The van der Waals surface area contributed by atoms with Crippen LogP contribution in [0.2, 0.25) is 0 Å². The molecule has 0 bridgehead atoms. The standard InChI is InChI=1S/C30H26BrNO7/c1-4-5-12-38-30(36)17-7-9-19(10-8-17)32-25(18-14-21(31)27(34)23(15-18)37-3)24-26(33)20-13-16(2)6-11-22(20)39-28(24)29(32)35/h6-11,13-15,25,34H,4-5,12H2,1-3H3. The number of carbonyl (C=O) groups is 2. The van der Waals surface area contributed by atoms with Crippen molar-refractivity contribution in [3.63, 3.8) is 0 Å². The van der Waals surface area contributed by atoms with Gasteiger partial charge >= 0.3 is 5.97 Å². The molecule has 39 heavy (non-hydrogen) atoms. The van der Waals surface area contributed by atoms with E-state index >= 15 is 0 Å². The Kier molecular flexibility index (Phi) is 7.18. The zero-order chi connectivity index (χ0) is 27.8. The second-order valence-electron chi connectivity index (χ2n) is 9.34. The molecule has 0 saturated carbocycles. The van der Waals surface area contributed by atoms with Crippen LogP contribution >= 0.6 is 15.9 Å². The third-order valence-corrected chi connectivity index (χ3v) is 7.33. The van der Waals surface area contributed by atoms with Crippen molar-refractivity contribution >= 4 is 44.5 Å². The third-order valence-electron chi connectivity index (χ3n) is 6.72. The van der Waals surface area contributed by atoms with E-state index in [-0.39, 0.29) is 28.3 Å². The maximum absolute atomic E-state index is 13.9. The van der Waals surface area contributed by atoms with Gasteiger partial charge in [0.1, 0.15) is 5.58 Å². The Morgan fingerprint density at radius 3 is 2.54 bits per heavy atom. The molecule has 3 aromatic carbocycles. The van der Waals surface area contributed by atoms with Crippen LogP contribution in [-0.2, 0) is 4.74 Å². The number of esters is 1. The number of unbranched alkanes of at least 4 members (excludes halogenated alkanes) is 1.